The van der Waals surface area contributed by atoms with Crippen LogP contribution in [0.1, 0.15) is 16.4 Å². The molecule has 0 bridgehead atoms. The van der Waals surface area contributed by atoms with Crippen molar-refractivity contribution in [3.8, 4) is 11.5 Å². The van der Waals surface area contributed by atoms with Gasteiger partial charge < -0.3 is 15.5 Å². The normalized spacial score (nSPS) is 10.4. The van der Waals surface area contributed by atoms with Crippen LogP contribution in [0.4, 0.5) is 11.5 Å². The second kappa shape index (κ2) is 5.60. The number of nitrogens with two attached hydrogens (primary N) is 1. The first-order valence-electron chi connectivity index (χ1n) is 6.42. The number of rotatable bonds is 3. The zero-order valence-electron chi connectivity index (χ0n) is 11.6. The van der Waals surface area contributed by atoms with Crippen LogP contribution in [0.15, 0.2) is 41.1 Å². The van der Waals surface area contributed by atoms with Crippen molar-refractivity contribution >= 4 is 17.4 Å². The molecule has 22 heavy (non-hydrogen) atoms. The van der Waals surface area contributed by atoms with E-state index in [1.807, 2.05) is 0 Å². The predicted molar refractivity (Wildman–Crippen MR) is 78.9 cm³/mol. The molecular weight excluding hydrogens is 284 g/mol. The van der Waals surface area contributed by atoms with Gasteiger partial charge in [-0.05, 0) is 18.2 Å². The molecule has 0 unspecified atom stereocenters. The minimum Gasteiger partial charge on any atom is -0.421 e. The van der Waals surface area contributed by atoms with Crippen molar-refractivity contribution in [3.63, 3.8) is 0 Å². The second-order valence-corrected chi connectivity index (χ2v) is 4.45. The average molecular weight is 296 g/mol. The van der Waals surface area contributed by atoms with Gasteiger partial charge in [0.25, 0.3) is 5.91 Å². The van der Waals surface area contributed by atoms with Gasteiger partial charge in [0.2, 0.25) is 11.8 Å². The van der Waals surface area contributed by atoms with Crippen LogP contribution in [-0.2, 0) is 0 Å². The summed E-state index contributed by atoms with van der Waals surface area (Å²) >= 11 is 0. The van der Waals surface area contributed by atoms with Gasteiger partial charge in [0, 0.05) is 30.6 Å². The van der Waals surface area contributed by atoms with E-state index >= 15 is 0 Å². The number of nitrogens with zero attached hydrogens (tertiary/aromatic N) is 4. The largest absolute Gasteiger partial charge is 0.421 e. The summed E-state index contributed by atoms with van der Waals surface area (Å²) in [6, 6.07) is 7.03. The lowest BCUT2D eigenvalue weighted by Gasteiger charge is -2.06. The van der Waals surface area contributed by atoms with Gasteiger partial charge in [-0.25, -0.2) is 9.97 Å². The van der Waals surface area contributed by atoms with Gasteiger partial charge in [-0.3, -0.25) is 4.79 Å². The molecular formula is C14H12N6O2. The van der Waals surface area contributed by atoms with E-state index in [1.54, 1.807) is 31.2 Å². The Kier molecular flexibility index (Phi) is 3.48. The number of carbonyl (C=O) groups is 1. The summed E-state index contributed by atoms with van der Waals surface area (Å²) in [5.74, 6) is 0.484. The standard InChI is InChI=1S/C14H12N6O2/c1-8-19-20-14(22-8)9-3-2-4-10(7-9)18-13(21)11-12(15)17-6-5-16-11/h2-7H,1H3,(H2,15,17)(H,18,21). The Bertz CT molecular complexity index is 829. The fourth-order valence-electron chi connectivity index (χ4n) is 1.86. The molecule has 0 aliphatic rings. The number of nitrogens with one attached hydrogen (secondary N) is 1. The van der Waals surface area contributed by atoms with E-state index in [0.717, 1.165) is 0 Å². The third kappa shape index (κ3) is 2.75. The first-order valence-corrected chi connectivity index (χ1v) is 6.42. The number of amides is 1. The summed E-state index contributed by atoms with van der Waals surface area (Å²) in [4.78, 5) is 19.9. The number of hydrogen-bond donors (Lipinski definition) is 2. The van der Waals surface area contributed by atoms with Gasteiger partial charge in [-0.1, -0.05) is 6.07 Å². The summed E-state index contributed by atoms with van der Waals surface area (Å²) in [6.07, 6.45) is 2.83. The first-order chi connectivity index (χ1) is 10.6. The van der Waals surface area contributed by atoms with E-state index < -0.39 is 5.91 Å². The molecule has 0 atom stereocenters. The minimum atomic E-state index is -0.440. The van der Waals surface area contributed by atoms with Gasteiger partial charge in [0.1, 0.15) is 0 Å². The van der Waals surface area contributed by atoms with Crippen molar-refractivity contribution in [2.75, 3.05) is 11.1 Å². The molecule has 0 fully saturated rings. The van der Waals surface area contributed by atoms with Crippen LogP contribution in [-0.4, -0.2) is 26.1 Å². The Morgan fingerprint density at radius 1 is 1.23 bits per heavy atom. The molecule has 0 aliphatic heterocycles. The Labute approximate surface area is 125 Å². The highest BCUT2D eigenvalue weighted by Gasteiger charge is 2.13. The number of carbonyl (C=O) groups excluding carboxylic acids is 1. The lowest BCUT2D eigenvalue weighted by atomic mass is 10.2. The van der Waals surface area contributed by atoms with Crippen molar-refractivity contribution in [3.05, 3.63) is 48.2 Å². The molecule has 0 aliphatic carbocycles. The third-order valence-electron chi connectivity index (χ3n) is 2.84. The average Bonchev–Trinajstić information content (AvgIpc) is 2.94. The van der Waals surface area contributed by atoms with Crippen molar-refractivity contribution in [2.24, 2.45) is 0 Å². The highest BCUT2D eigenvalue weighted by atomic mass is 16.4. The van der Waals surface area contributed by atoms with Gasteiger partial charge in [0.05, 0.1) is 0 Å². The van der Waals surface area contributed by atoms with Crippen molar-refractivity contribution in [1.82, 2.24) is 20.2 Å². The fourth-order valence-corrected chi connectivity index (χ4v) is 1.86. The van der Waals surface area contributed by atoms with E-state index in [9.17, 15) is 4.79 Å². The van der Waals surface area contributed by atoms with Crippen molar-refractivity contribution in [2.45, 2.75) is 6.92 Å². The number of nitrogen functional groups attached to an aromatic ring is 1. The number of aryl methyl sites for hydroxylation is 1. The zero-order chi connectivity index (χ0) is 15.5. The van der Waals surface area contributed by atoms with Gasteiger partial charge in [-0.2, -0.15) is 0 Å². The second-order valence-electron chi connectivity index (χ2n) is 4.45. The number of hydrogen-bond acceptors (Lipinski definition) is 7. The van der Waals surface area contributed by atoms with E-state index in [0.29, 0.717) is 23.0 Å². The molecule has 3 rings (SSSR count). The Balaban J connectivity index is 1.84. The van der Waals surface area contributed by atoms with Crippen LogP contribution >= 0.6 is 0 Å². The quantitative estimate of drug-likeness (QED) is 0.754. The maximum Gasteiger partial charge on any atom is 0.278 e. The molecule has 8 heteroatoms. The summed E-state index contributed by atoms with van der Waals surface area (Å²) in [5, 5.41) is 10.4. The molecule has 8 nitrogen and oxygen atoms in total. The minimum absolute atomic E-state index is 0.0709. The summed E-state index contributed by atoms with van der Waals surface area (Å²) in [7, 11) is 0. The maximum atomic E-state index is 12.1. The van der Waals surface area contributed by atoms with Crippen molar-refractivity contribution in [1.29, 1.82) is 0 Å². The van der Waals surface area contributed by atoms with Crippen LogP contribution in [0.2, 0.25) is 0 Å². The van der Waals surface area contributed by atoms with Gasteiger partial charge in [-0.15, -0.1) is 10.2 Å². The Morgan fingerprint density at radius 3 is 2.77 bits per heavy atom. The molecule has 0 saturated heterocycles. The number of anilines is 2. The summed E-state index contributed by atoms with van der Waals surface area (Å²) < 4.78 is 5.36. The van der Waals surface area contributed by atoms with Crippen LogP contribution in [0.5, 0.6) is 0 Å². The van der Waals surface area contributed by atoms with E-state index in [-0.39, 0.29) is 11.5 Å². The lowest BCUT2D eigenvalue weighted by Crippen LogP contribution is -2.16. The van der Waals surface area contributed by atoms with Crippen molar-refractivity contribution < 1.29 is 9.21 Å². The van der Waals surface area contributed by atoms with Crippen LogP contribution < -0.4 is 11.1 Å². The molecule has 1 aromatic carbocycles. The van der Waals surface area contributed by atoms with E-state index in [4.69, 9.17) is 10.2 Å². The summed E-state index contributed by atoms with van der Waals surface area (Å²) in [5.41, 5.74) is 6.96. The summed E-state index contributed by atoms with van der Waals surface area (Å²) in [6.45, 7) is 1.71. The number of benzene rings is 1. The Morgan fingerprint density at radius 2 is 2.05 bits per heavy atom. The predicted octanol–water partition coefficient (Wildman–Crippen LogP) is 1.67. The first kappa shape index (κ1) is 13.7. The van der Waals surface area contributed by atoms with E-state index in [1.165, 1.54) is 12.4 Å². The topological polar surface area (TPSA) is 120 Å². The SMILES string of the molecule is Cc1nnc(-c2cccc(NC(=O)c3nccnc3N)c2)o1. The molecule has 110 valence electrons. The van der Waals surface area contributed by atoms with Crippen LogP contribution in [0.25, 0.3) is 11.5 Å². The van der Waals surface area contributed by atoms with Gasteiger partial charge >= 0.3 is 0 Å². The lowest BCUT2D eigenvalue weighted by molar-refractivity contribution is 0.102. The molecule has 0 radical (unpaired) electrons. The molecule has 3 aromatic rings. The fraction of sp³-hybridized carbons (Fsp3) is 0.0714. The number of aromatic nitrogens is 4. The Hall–Kier alpha value is -3.29. The molecule has 1 amide bonds. The van der Waals surface area contributed by atoms with E-state index in [2.05, 4.69) is 25.5 Å². The molecule has 2 heterocycles. The monoisotopic (exact) mass is 296 g/mol. The highest BCUT2D eigenvalue weighted by Crippen LogP contribution is 2.21. The molecule has 0 spiro atoms. The van der Waals surface area contributed by atoms with Crippen LogP contribution in [0.3, 0.4) is 0 Å². The third-order valence-corrected chi connectivity index (χ3v) is 2.84. The smallest absolute Gasteiger partial charge is 0.278 e. The molecule has 0 saturated carbocycles. The molecule has 2 aromatic heterocycles. The van der Waals surface area contributed by atoms with Crippen LogP contribution in [0, 0.1) is 6.92 Å². The maximum absolute atomic E-state index is 12.1. The molecule has 3 N–H and O–H groups in total. The zero-order valence-corrected chi connectivity index (χ0v) is 11.6. The van der Waals surface area contributed by atoms with Gasteiger partial charge in [0.15, 0.2) is 11.5 Å². The highest BCUT2D eigenvalue weighted by molar-refractivity contribution is 6.05.